The van der Waals surface area contributed by atoms with Gasteiger partial charge in [0.05, 0.1) is 18.3 Å². The first-order valence-electron chi connectivity index (χ1n) is 8.51. The van der Waals surface area contributed by atoms with Gasteiger partial charge in [0.15, 0.2) is 11.5 Å². The first-order chi connectivity index (χ1) is 12.3. The average molecular weight is 422 g/mol. The van der Waals surface area contributed by atoms with Crippen LogP contribution in [0, 0.1) is 6.92 Å². The topological polar surface area (TPSA) is 67.8 Å². The Labute approximate surface area is 162 Å². The number of ether oxygens (including phenoxy) is 2. The van der Waals surface area contributed by atoms with E-state index in [0.29, 0.717) is 24.7 Å². The molecule has 0 aliphatic rings. The van der Waals surface area contributed by atoms with E-state index in [1.807, 2.05) is 39.8 Å². The Bertz CT molecular complexity index is 790. The Hall–Kier alpha value is -2.21. The molecule has 26 heavy (non-hydrogen) atoms. The van der Waals surface area contributed by atoms with Gasteiger partial charge in [0.1, 0.15) is 0 Å². The van der Waals surface area contributed by atoms with Crippen LogP contribution in [0.3, 0.4) is 0 Å². The van der Waals surface area contributed by atoms with E-state index in [-0.39, 0.29) is 11.7 Å². The molecule has 0 radical (unpaired) electrons. The van der Waals surface area contributed by atoms with Crippen LogP contribution in [-0.4, -0.2) is 23.8 Å². The van der Waals surface area contributed by atoms with Crippen molar-refractivity contribution in [3.05, 3.63) is 51.5 Å². The van der Waals surface area contributed by atoms with Crippen molar-refractivity contribution >= 4 is 27.6 Å². The molecule has 5 nitrogen and oxygen atoms in total. The largest absolute Gasteiger partial charge is 0.490 e. The van der Waals surface area contributed by atoms with Crippen LogP contribution >= 0.6 is 15.9 Å². The molecule has 0 aromatic heterocycles. The lowest BCUT2D eigenvalue weighted by molar-refractivity contribution is 0.0697. The number of carboxylic acids is 1. The maximum absolute atomic E-state index is 11.2. The molecule has 0 fully saturated rings. The third-order valence-corrected chi connectivity index (χ3v) is 4.47. The van der Waals surface area contributed by atoms with Crippen LogP contribution in [0.25, 0.3) is 0 Å². The van der Waals surface area contributed by atoms with Crippen molar-refractivity contribution in [3.63, 3.8) is 0 Å². The Balaban J connectivity index is 2.25. The number of hydrogen-bond acceptors (Lipinski definition) is 4. The van der Waals surface area contributed by atoms with Crippen molar-refractivity contribution in [1.29, 1.82) is 0 Å². The van der Waals surface area contributed by atoms with Crippen molar-refractivity contribution < 1.29 is 19.4 Å². The first-order valence-corrected chi connectivity index (χ1v) is 9.30. The second kappa shape index (κ2) is 8.94. The van der Waals surface area contributed by atoms with Gasteiger partial charge in [-0.2, -0.15) is 0 Å². The molecule has 6 heteroatoms. The fourth-order valence-corrected chi connectivity index (χ4v) is 2.93. The highest BCUT2D eigenvalue weighted by Crippen LogP contribution is 2.35. The number of hydrogen-bond donors (Lipinski definition) is 2. The normalized spacial score (nSPS) is 10.7. The van der Waals surface area contributed by atoms with Gasteiger partial charge in [0.2, 0.25) is 0 Å². The maximum atomic E-state index is 11.2. The highest BCUT2D eigenvalue weighted by Gasteiger charge is 2.13. The number of rotatable bonds is 8. The molecule has 2 aromatic rings. The van der Waals surface area contributed by atoms with Crippen molar-refractivity contribution in [1.82, 2.24) is 0 Å². The molecule has 2 rings (SSSR count). The van der Waals surface area contributed by atoms with Crippen molar-refractivity contribution in [2.45, 2.75) is 40.3 Å². The van der Waals surface area contributed by atoms with Gasteiger partial charge in [-0.1, -0.05) is 22.0 Å². The lowest BCUT2D eigenvalue weighted by Crippen LogP contribution is -2.09. The average Bonchev–Trinajstić information content (AvgIpc) is 2.56. The summed E-state index contributed by atoms with van der Waals surface area (Å²) in [6.07, 6.45) is 0.0477. The minimum atomic E-state index is -0.942. The van der Waals surface area contributed by atoms with Gasteiger partial charge < -0.3 is 19.9 Å². The van der Waals surface area contributed by atoms with Crippen LogP contribution in [0.5, 0.6) is 11.5 Å². The summed E-state index contributed by atoms with van der Waals surface area (Å²) in [4.78, 5) is 11.2. The van der Waals surface area contributed by atoms with Gasteiger partial charge in [-0.05, 0) is 63.1 Å². The second-order valence-electron chi connectivity index (χ2n) is 6.18. The van der Waals surface area contributed by atoms with Gasteiger partial charge in [-0.3, -0.25) is 0 Å². The van der Waals surface area contributed by atoms with E-state index in [0.717, 1.165) is 21.3 Å². The van der Waals surface area contributed by atoms with E-state index in [1.54, 1.807) is 18.2 Å². The van der Waals surface area contributed by atoms with Crippen LogP contribution in [0.2, 0.25) is 0 Å². The Kier molecular flexibility index (Phi) is 6.91. The summed E-state index contributed by atoms with van der Waals surface area (Å²) in [5.41, 5.74) is 3.02. The summed E-state index contributed by atoms with van der Waals surface area (Å²) < 4.78 is 12.4. The molecule has 2 N–H and O–H groups in total. The monoisotopic (exact) mass is 421 g/mol. The first kappa shape index (κ1) is 20.1. The van der Waals surface area contributed by atoms with Crippen LogP contribution in [0.1, 0.15) is 42.3 Å². The Morgan fingerprint density at radius 1 is 1.23 bits per heavy atom. The smallest absolute Gasteiger partial charge is 0.335 e. The summed E-state index contributed by atoms with van der Waals surface area (Å²) in [7, 11) is 0. The number of anilines is 1. The fourth-order valence-electron chi connectivity index (χ4n) is 2.46. The van der Waals surface area contributed by atoms with Crippen molar-refractivity contribution in [2.24, 2.45) is 0 Å². The molecule has 0 aliphatic carbocycles. The lowest BCUT2D eigenvalue weighted by atomic mass is 10.1. The molecule has 0 atom stereocenters. The summed E-state index contributed by atoms with van der Waals surface area (Å²) >= 11 is 3.58. The molecule has 0 saturated carbocycles. The molecule has 2 aromatic carbocycles. The van der Waals surface area contributed by atoms with Gasteiger partial charge in [-0.25, -0.2) is 4.79 Å². The van der Waals surface area contributed by atoms with E-state index >= 15 is 0 Å². The molecule has 0 heterocycles. The molecule has 0 saturated heterocycles. The Morgan fingerprint density at radius 2 is 1.96 bits per heavy atom. The summed E-state index contributed by atoms with van der Waals surface area (Å²) in [6.45, 7) is 8.87. The molecule has 0 aliphatic heterocycles. The zero-order chi connectivity index (χ0) is 19.3. The predicted molar refractivity (Wildman–Crippen MR) is 107 cm³/mol. The molecular formula is C20H24BrNO4. The molecule has 0 spiro atoms. The highest BCUT2D eigenvalue weighted by molar-refractivity contribution is 9.10. The molecule has 0 unspecified atom stereocenters. The highest BCUT2D eigenvalue weighted by atomic mass is 79.9. The van der Waals surface area contributed by atoms with E-state index in [2.05, 4.69) is 21.2 Å². The second-order valence-corrected chi connectivity index (χ2v) is 7.03. The number of benzene rings is 2. The summed E-state index contributed by atoms with van der Waals surface area (Å²) in [6, 6.07) is 8.89. The third kappa shape index (κ3) is 5.14. The summed E-state index contributed by atoms with van der Waals surface area (Å²) in [5.74, 6) is 0.446. The van der Waals surface area contributed by atoms with E-state index < -0.39 is 5.97 Å². The van der Waals surface area contributed by atoms with Crippen LogP contribution in [0.4, 0.5) is 5.69 Å². The van der Waals surface area contributed by atoms with Gasteiger partial charge in [-0.15, -0.1) is 0 Å². The summed E-state index contributed by atoms with van der Waals surface area (Å²) in [5, 5.41) is 12.5. The number of aryl methyl sites for hydroxylation is 1. The van der Waals surface area contributed by atoms with Crippen molar-refractivity contribution in [3.8, 4) is 11.5 Å². The zero-order valence-electron chi connectivity index (χ0n) is 15.4. The zero-order valence-corrected chi connectivity index (χ0v) is 17.0. The van der Waals surface area contributed by atoms with E-state index in [4.69, 9.17) is 14.6 Å². The predicted octanol–water partition coefficient (Wildman–Crippen LogP) is 5.25. The Morgan fingerprint density at radius 3 is 2.58 bits per heavy atom. The lowest BCUT2D eigenvalue weighted by Gasteiger charge is -2.18. The molecule has 0 bridgehead atoms. The number of halogens is 1. The van der Waals surface area contributed by atoms with Gasteiger partial charge in [0.25, 0.3) is 0 Å². The maximum Gasteiger partial charge on any atom is 0.335 e. The van der Waals surface area contributed by atoms with Crippen LogP contribution < -0.4 is 14.8 Å². The SMILES string of the molecule is CCOc1cc(CNc2cc(C(=O)O)ccc2C)c(Br)cc1OC(C)C. The van der Waals surface area contributed by atoms with Crippen molar-refractivity contribution in [2.75, 3.05) is 11.9 Å². The number of aromatic carboxylic acids is 1. The van der Waals surface area contributed by atoms with Crippen LogP contribution in [-0.2, 0) is 6.54 Å². The van der Waals surface area contributed by atoms with Crippen LogP contribution in [0.15, 0.2) is 34.8 Å². The number of nitrogens with one attached hydrogen (secondary N) is 1. The minimum Gasteiger partial charge on any atom is -0.490 e. The third-order valence-electron chi connectivity index (χ3n) is 3.73. The fraction of sp³-hybridized carbons (Fsp3) is 0.350. The molecular weight excluding hydrogens is 398 g/mol. The standard InChI is InChI=1S/C20H24BrNO4/c1-5-25-18-9-15(16(21)10-19(18)26-12(2)3)11-22-17-8-14(20(23)24)7-6-13(17)4/h6-10,12,22H,5,11H2,1-4H3,(H,23,24). The van der Waals surface area contributed by atoms with E-state index in [1.165, 1.54) is 0 Å². The van der Waals surface area contributed by atoms with Gasteiger partial charge >= 0.3 is 5.97 Å². The molecule has 140 valence electrons. The minimum absolute atomic E-state index is 0.0477. The number of carbonyl (C=O) groups is 1. The number of carboxylic acid groups (broad SMARTS) is 1. The molecule has 0 amide bonds. The van der Waals surface area contributed by atoms with E-state index in [9.17, 15) is 4.79 Å². The quantitative estimate of drug-likeness (QED) is 0.608. The van der Waals surface area contributed by atoms with Gasteiger partial charge in [0, 0.05) is 16.7 Å².